The highest BCUT2D eigenvalue weighted by atomic mass is 35.5. The van der Waals surface area contributed by atoms with Crippen molar-refractivity contribution in [3.8, 4) is 11.5 Å². The van der Waals surface area contributed by atoms with Crippen molar-refractivity contribution in [2.24, 2.45) is 17.6 Å². The lowest BCUT2D eigenvalue weighted by atomic mass is 9.97. The van der Waals surface area contributed by atoms with Crippen LogP contribution in [0.2, 0.25) is 0 Å². The largest absolute Gasteiger partial charge is 0.454 e. The number of carbonyl (C=O) groups excluding carboxylic acids is 2. The Balaban J connectivity index is 0.00000113. The highest BCUT2D eigenvalue weighted by Gasteiger charge is 2.33. The van der Waals surface area contributed by atoms with Crippen LogP contribution in [0.3, 0.4) is 0 Å². The SMILES string of the molecule is CCC(C)[C@H](N)C(=O)N[C@@H](Cc1ccccc1)[C@H](O)CN(CC(C)C)S(=O)(=O)c1ccc2c(c1)OCO2.CN[C@H](C)C(C)=O.Cl. The molecule has 3 rings (SSSR count). The minimum atomic E-state index is -3.98. The Morgan fingerprint density at radius 1 is 1.02 bits per heavy atom. The van der Waals surface area contributed by atoms with E-state index in [2.05, 4.69) is 10.6 Å². The van der Waals surface area contributed by atoms with Gasteiger partial charge in [-0.1, -0.05) is 64.4 Å². The van der Waals surface area contributed by atoms with Crippen LogP contribution in [0.1, 0.15) is 53.5 Å². The van der Waals surface area contributed by atoms with E-state index in [-0.39, 0.29) is 66.8 Å². The van der Waals surface area contributed by atoms with Gasteiger partial charge in [0.25, 0.3) is 0 Å². The molecule has 5 atom stereocenters. The standard InChI is InChI=1S/C27H39N3O6S.C5H11NO.ClH/c1-5-19(4)26(28)27(32)29-22(13-20-9-7-6-8-10-20)23(31)16-30(15-18(2)3)37(33,34)21-11-12-24-25(14-21)36-17-35-24;1-4(6-3)5(2)7;/h6-12,14,18-19,22-23,26,31H,5,13,15-17,28H2,1-4H3,(H,29,32);4,6H,1-3H3;1H/t19?,22-,23+,26-;4-;/m01./s1. The fourth-order valence-electron chi connectivity index (χ4n) is 4.35. The second-order valence-corrected chi connectivity index (χ2v) is 13.6. The summed E-state index contributed by atoms with van der Waals surface area (Å²) in [4.78, 5) is 23.3. The molecule has 5 N–H and O–H groups in total. The molecule has 254 valence electrons. The van der Waals surface area contributed by atoms with Gasteiger partial charge in [-0.05, 0) is 56.8 Å². The first kappa shape index (κ1) is 40.3. The van der Waals surface area contributed by atoms with Gasteiger partial charge in [0.05, 0.1) is 29.1 Å². The van der Waals surface area contributed by atoms with Gasteiger partial charge in [-0.25, -0.2) is 8.42 Å². The van der Waals surface area contributed by atoms with Crippen LogP contribution in [0, 0.1) is 11.8 Å². The number of likely N-dealkylation sites (N-methyl/N-ethyl adjacent to an activating group) is 1. The van der Waals surface area contributed by atoms with E-state index in [0.29, 0.717) is 17.9 Å². The van der Waals surface area contributed by atoms with Crippen LogP contribution >= 0.6 is 12.4 Å². The van der Waals surface area contributed by atoms with Crippen molar-refractivity contribution >= 4 is 34.1 Å². The van der Waals surface area contributed by atoms with E-state index in [0.717, 1.165) is 12.0 Å². The third kappa shape index (κ3) is 12.2. The van der Waals surface area contributed by atoms with Gasteiger partial charge in [-0.2, -0.15) is 4.31 Å². The molecule has 0 saturated heterocycles. The number of nitrogens with two attached hydrogens (primary N) is 1. The van der Waals surface area contributed by atoms with E-state index in [1.807, 2.05) is 65.0 Å². The van der Waals surface area contributed by atoms with E-state index in [1.165, 1.54) is 16.4 Å². The highest BCUT2D eigenvalue weighted by molar-refractivity contribution is 7.89. The molecule has 0 aliphatic carbocycles. The van der Waals surface area contributed by atoms with Gasteiger partial charge in [0.2, 0.25) is 22.7 Å². The number of amides is 1. The molecule has 1 amide bonds. The summed E-state index contributed by atoms with van der Waals surface area (Å²) in [7, 11) is -2.21. The second kappa shape index (κ2) is 19.0. The molecule has 0 fully saturated rings. The molecule has 1 unspecified atom stereocenters. The molecule has 0 saturated carbocycles. The number of fused-ring (bicyclic) bond motifs is 1. The molecule has 0 spiro atoms. The molecule has 2 aromatic carbocycles. The van der Waals surface area contributed by atoms with Crippen LogP contribution in [-0.4, -0.2) is 80.7 Å². The zero-order chi connectivity index (χ0) is 33.0. The van der Waals surface area contributed by atoms with Crippen LogP contribution < -0.4 is 25.8 Å². The molecule has 13 heteroatoms. The lowest BCUT2D eigenvalue weighted by Gasteiger charge is -2.31. The Labute approximate surface area is 274 Å². The third-order valence-electron chi connectivity index (χ3n) is 7.63. The number of Topliss-reactive ketones (excluding diaryl/α,β-unsaturated/α-hetero) is 1. The first-order valence-electron chi connectivity index (χ1n) is 15.1. The van der Waals surface area contributed by atoms with Crippen LogP contribution in [-0.2, 0) is 26.0 Å². The lowest BCUT2D eigenvalue weighted by Crippen LogP contribution is -2.55. The molecular formula is C32H51ClN4O7S. The van der Waals surface area contributed by atoms with Crippen molar-refractivity contribution < 1.29 is 32.6 Å². The normalized spacial score (nSPS) is 15.6. The van der Waals surface area contributed by atoms with Gasteiger partial charge < -0.3 is 30.9 Å². The minimum absolute atomic E-state index is 0. The zero-order valence-electron chi connectivity index (χ0n) is 27.4. The summed E-state index contributed by atoms with van der Waals surface area (Å²) >= 11 is 0. The van der Waals surface area contributed by atoms with E-state index in [9.17, 15) is 23.1 Å². The maximum atomic E-state index is 13.7. The number of ketones is 1. The molecule has 1 aliphatic heterocycles. The number of rotatable bonds is 15. The fourth-order valence-corrected chi connectivity index (χ4v) is 5.98. The molecular weight excluding hydrogens is 620 g/mol. The monoisotopic (exact) mass is 670 g/mol. The van der Waals surface area contributed by atoms with Crippen molar-refractivity contribution in [1.29, 1.82) is 0 Å². The van der Waals surface area contributed by atoms with Crippen LogP contribution in [0.25, 0.3) is 0 Å². The average molecular weight is 671 g/mol. The quantitative estimate of drug-likeness (QED) is 0.223. The van der Waals surface area contributed by atoms with Gasteiger partial charge in [-0.15, -0.1) is 12.4 Å². The van der Waals surface area contributed by atoms with Crippen LogP contribution in [0.4, 0.5) is 0 Å². The first-order chi connectivity index (χ1) is 20.7. The molecule has 0 aromatic heterocycles. The molecule has 0 radical (unpaired) electrons. The van der Waals surface area contributed by atoms with Crippen molar-refractivity contribution in [1.82, 2.24) is 14.9 Å². The van der Waals surface area contributed by atoms with E-state index < -0.39 is 28.2 Å². The Morgan fingerprint density at radius 3 is 2.18 bits per heavy atom. The molecule has 0 bridgehead atoms. The maximum Gasteiger partial charge on any atom is 0.243 e. The van der Waals surface area contributed by atoms with Crippen molar-refractivity contribution in [2.45, 2.75) is 83.5 Å². The number of hydrogen-bond acceptors (Lipinski definition) is 9. The Hall–Kier alpha value is -2.74. The van der Waals surface area contributed by atoms with E-state index >= 15 is 0 Å². The smallest absolute Gasteiger partial charge is 0.243 e. The predicted molar refractivity (Wildman–Crippen MR) is 178 cm³/mol. The maximum absolute atomic E-state index is 13.7. The number of aliphatic hydroxyl groups excluding tert-OH is 1. The highest BCUT2D eigenvalue weighted by Crippen LogP contribution is 2.35. The summed E-state index contributed by atoms with van der Waals surface area (Å²) in [5.74, 6) is 0.609. The van der Waals surface area contributed by atoms with Gasteiger partial charge in [-0.3, -0.25) is 9.59 Å². The van der Waals surface area contributed by atoms with Crippen molar-refractivity contribution in [3.05, 3.63) is 54.1 Å². The Kier molecular flexibility index (Phi) is 17.0. The number of benzene rings is 2. The minimum Gasteiger partial charge on any atom is -0.454 e. The molecule has 2 aromatic rings. The van der Waals surface area contributed by atoms with Crippen molar-refractivity contribution in [2.75, 3.05) is 26.9 Å². The van der Waals surface area contributed by atoms with Crippen LogP contribution in [0.5, 0.6) is 11.5 Å². The number of halogens is 1. The van der Waals surface area contributed by atoms with Gasteiger partial charge in [0, 0.05) is 19.2 Å². The number of hydrogen-bond donors (Lipinski definition) is 4. The predicted octanol–water partition coefficient (Wildman–Crippen LogP) is 3.13. The van der Waals surface area contributed by atoms with Crippen LogP contribution in [0.15, 0.2) is 53.4 Å². The lowest BCUT2D eigenvalue weighted by molar-refractivity contribution is -0.125. The number of carbonyl (C=O) groups is 2. The number of nitrogens with one attached hydrogen (secondary N) is 2. The van der Waals surface area contributed by atoms with Crippen molar-refractivity contribution in [3.63, 3.8) is 0 Å². The Morgan fingerprint density at radius 2 is 1.64 bits per heavy atom. The number of sulfonamides is 1. The summed E-state index contributed by atoms with van der Waals surface area (Å²) < 4.78 is 39.2. The second-order valence-electron chi connectivity index (χ2n) is 11.6. The summed E-state index contributed by atoms with van der Waals surface area (Å²) in [6.07, 6.45) is -0.132. The number of ether oxygens (including phenoxy) is 2. The van der Waals surface area contributed by atoms with Gasteiger partial charge in [0.1, 0.15) is 5.78 Å². The topological polar surface area (TPSA) is 160 Å². The molecule has 1 heterocycles. The summed E-state index contributed by atoms with van der Waals surface area (Å²) in [6.45, 7) is 11.1. The third-order valence-corrected chi connectivity index (χ3v) is 9.46. The summed E-state index contributed by atoms with van der Waals surface area (Å²) in [5, 5.41) is 17.0. The summed E-state index contributed by atoms with van der Waals surface area (Å²) in [5.41, 5.74) is 7.05. The molecule has 45 heavy (non-hydrogen) atoms. The summed E-state index contributed by atoms with van der Waals surface area (Å²) in [6, 6.07) is 12.4. The van der Waals surface area contributed by atoms with E-state index in [1.54, 1.807) is 20.0 Å². The average Bonchev–Trinajstić information content (AvgIpc) is 3.47. The van der Waals surface area contributed by atoms with E-state index in [4.69, 9.17) is 15.2 Å². The molecule has 1 aliphatic rings. The zero-order valence-corrected chi connectivity index (χ0v) is 29.0. The number of nitrogens with zero attached hydrogens (tertiary/aromatic N) is 1. The molecule has 11 nitrogen and oxygen atoms in total. The van der Waals surface area contributed by atoms with Gasteiger partial charge in [0.15, 0.2) is 11.5 Å². The number of aliphatic hydroxyl groups is 1. The Bertz CT molecular complexity index is 1310. The fraction of sp³-hybridized carbons (Fsp3) is 0.562. The first-order valence-corrected chi connectivity index (χ1v) is 16.5. The van der Waals surface area contributed by atoms with Gasteiger partial charge >= 0.3 is 0 Å².